The zero-order chi connectivity index (χ0) is 23.1. The second-order valence-corrected chi connectivity index (χ2v) is 10.2. The molecule has 0 saturated heterocycles. The standard InChI is InChI=1S/C23H28BrN3O3S2/c1-2-3-4-7-12-30-17-11-10-14(24)13-16(17)21(29)26-23(31)27-22-19(20(25)28)15-8-5-6-9-18(15)32-22/h10-11,13H,2-9,12H2,1H3,(H2,25,28)(H2,26,27,29,31). The highest BCUT2D eigenvalue weighted by Crippen LogP contribution is 2.37. The van der Waals surface area contributed by atoms with Crippen LogP contribution in [-0.4, -0.2) is 23.5 Å². The van der Waals surface area contributed by atoms with Crippen LogP contribution in [0.5, 0.6) is 5.75 Å². The summed E-state index contributed by atoms with van der Waals surface area (Å²) in [6.45, 7) is 2.71. The van der Waals surface area contributed by atoms with Crippen LogP contribution in [0.3, 0.4) is 0 Å². The molecule has 9 heteroatoms. The van der Waals surface area contributed by atoms with Crippen LogP contribution < -0.4 is 21.1 Å². The quantitative estimate of drug-likeness (QED) is 0.287. The lowest BCUT2D eigenvalue weighted by Crippen LogP contribution is -2.34. The molecule has 2 amide bonds. The second-order valence-electron chi connectivity index (χ2n) is 7.74. The van der Waals surface area contributed by atoms with Crippen LogP contribution in [-0.2, 0) is 12.8 Å². The Hall–Kier alpha value is -1.97. The Labute approximate surface area is 206 Å². The number of ether oxygens (including phenoxy) is 1. The highest BCUT2D eigenvalue weighted by molar-refractivity contribution is 9.10. The number of amides is 2. The van der Waals surface area contributed by atoms with Gasteiger partial charge in [-0.3, -0.25) is 14.9 Å². The van der Waals surface area contributed by atoms with Crippen molar-refractivity contribution in [2.75, 3.05) is 11.9 Å². The van der Waals surface area contributed by atoms with Crippen LogP contribution in [0.1, 0.15) is 76.6 Å². The number of rotatable bonds is 9. The van der Waals surface area contributed by atoms with Crippen LogP contribution in [0.2, 0.25) is 0 Å². The van der Waals surface area contributed by atoms with E-state index in [4.69, 9.17) is 22.7 Å². The number of anilines is 1. The molecule has 0 unspecified atom stereocenters. The predicted octanol–water partition coefficient (Wildman–Crippen LogP) is 5.57. The van der Waals surface area contributed by atoms with Gasteiger partial charge in [0.1, 0.15) is 10.8 Å². The largest absolute Gasteiger partial charge is 0.493 e. The normalized spacial score (nSPS) is 12.7. The van der Waals surface area contributed by atoms with E-state index in [2.05, 4.69) is 33.5 Å². The Kier molecular flexibility index (Phi) is 9.07. The number of halogens is 1. The molecule has 6 nitrogen and oxygen atoms in total. The lowest BCUT2D eigenvalue weighted by molar-refractivity contribution is 0.0971. The number of aryl methyl sites for hydroxylation is 1. The van der Waals surface area contributed by atoms with Crippen LogP contribution in [0.15, 0.2) is 22.7 Å². The van der Waals surface area contributed by atoms with Gasteiger partial charge in [-0.25, -0.2) is 0 Å². The first-order chi connectivity index (χ1) is 15.4. The van der Waals surface area contributed by atoms with E-state index in [0.717, 1.165) is 66.3 Å². The molecule has 0 bridgehead atoms. The average molecular weight is 539 g/mol. The number of nitrogens with two attached hydrogens (primary N) is 1. The van der Waals surface area contributed by atoms with Gasteiger partial charge in [-0.1, -0.05) is 42.1 Å². The number of thiophene rings is 1. The zero-order valence-corrected chi connectivity index (χ0v) is 21.3. The number of primary amides is 1. The van der Waals surface area contributed by atoms with Gasteiger partial charge in [-0.2, -0.15) is 0 Å². The third-order valence-corrected chi connectivity index (χ3v) is 7.22. The maximum Gasteiger partial charge on any atom is 0.261 e. The summed E-state index contributed by atoms with van der Waals surface area (Å²) < 4.78 is 6.63. The van der Waals surface area contributed by atoms with Gasteiger partial charge in [-0.05, 0) is 68.1 Å². The van der Waals surface area contributed by atoms with Gasteiger partial charge in [-0.15, -0.1) is 11.3 Å². The zero-order valence-electron chi connectivity index (χ0n) is 18.1. The number of hydrogen-bond donors (Lipinski definition) is 3. The fourth-order valence-electron chi connectivity index (χ4n) is 3.74. The molecule has 1 heterocycles. The van der Waals surface area contributed by atoms with Crippen molar-refractivity contribution in [2.45, 2.75) is 58.3 Å². The number of benzene rings is 1. The van der Waals surface area contributed by atoms with Crippen molar-refractivity contribution in [3.05, 3.63) is 44.2 Å². The third-order valence-electron chi connectivity index (χ3n) is 5.31. The van der Waals surface area contributed by atoms with Gasteiger partial charge >= 0.3 is 0 Å². The maximum atomic E-state index is 12.9. The van der Waals surface area contributed by atoms with Crippen molar-refractivity contribution >= 4 is 61.4 Å². The molecule has 1 aliphatic rings. The molecule has 0 atom stereocenters. The molecule has 3 rings (SSSR count). The highest BCUT2D eigenvalue weighted by Gasteiger charge is 2.25. The molecule has 0 fully saturated rings. The van der Waals surface area contributed by atoms with Gasteiger partial charge in [0.2, 0.25) is 0 Å². The van der Waals surface area contributed by atoms with Crippen molar-refractivity contribution in [1.82, 2.24) is 5.32 Å². The Morgan fingerprint density at radius 3 is 2.75 bits per heavy atom. The van der Waals surface area contributed by atoms with Gasteiger partial charge in [0.15, 0.2) is 5.11 Å². The Morgan fingerprint density at radius 1 is 1.22 bits per heavy atom. The SMILES string of the molecule is CCCCCCOc1ccc(Br)cc1C(=O)NC(=S)Nc1sc2c(c1C(N)=O)CCCC2. The van der Waals surface area contributed by atoms with E-state index in [1.807, 2.05) is 6.07 Å². The molecule has 0 saturated carbocycles. The summed E-state index contributed by atoms with van der Waals surface area (Å²) >= 11 is 10.3. The van der Waals surface area contributed by atoms with Gasteiger partial charge in [0.05, 0.1) is 17.7 Å². The van der Waals surface area contributed by atoms with E-state index >= 15 is 0 Å². The molecule has 172 valence electrons. The first-order valence-corrected chi connectivity index (χ1v) is 12.9. The number of carbonyl (C=O) groups is 2. The van der Waals surface area contributed by atoms with Gasteiger partial charge < -0.3 is 15.8 Å². The van der Waals surface area contributed by atoms with Crippen molar-refractivity contribution < 1.29 is 14.3 Å². The van der Waals surface area contributed by atoms with E-state index in [9.17, 15) is 9.59 Å². The highest BCUT2D eigenvalue weighted by atomic mass is 79.9. The summed E-state index contributed by atoms with van der Waals surface area (Å²) in [5.41, 5.74) is 7.52. The van der Waals surface area contributed by atoms with E-state index in [1.54, 1.807) is 12.1 Å². The van der Waals surface area contributed by atoms with Crippen LogP contribution >= 0.6 is 39.5 Å². The number of hydrogen-bond acceptors (Lipinski definition) is 5. The predicted molar refractivity (Wildman–Crippen MR) is 137 cm³/mol. The molecule has 0 aliphatic heterocycles. The summed E-state index contributed by atoms with van der Waals surface area (Å²) in [4.78, 5) is 26.2. The monoisotopic (exact) mass is 537 g/mol. The van der Waals surface area contributed by atoms with E-state index < -0.39 is 5.91 Å². The minimum absolute atomic E-state index is 0.116. The van der Waals surface area contributed by atoms with Gasteiger partial charge in [0.25, 0.3) is 11.8 Å². The first kappa shape index (κ1) is 24.7. The fraction of sp³-hybridized carbons (Fsp3) is 0.435. The van der Waals surface area contributed by atoms with Crippen molar-refractivity contribution in [3.63, 3.8) is 0 Å². The maximum absolute atomic E-state index is 12.9. The Morgan fingerprint density at radius 2 is 2.00 bits per heavy atom. The second kappa shape index (κ2) is 11.8. The average Bonchev–Trinajstić information content (AvgIpc) is 3.12. The number of unbranched alkanes of at least 4 members (excludes halogenated alkanes) is 3. The number of carbonyl (C=O) groups excluding carboxylic acids is 2. The Bertz CT molecular complexity index is 1010. The van der Waals surface area contributed by atoms with Crippen molar-refractivity contribution in [3.8, 4) is 5.75 Å². The number of nitrogens with one attached hydrogen (secondary N) is 2. The van der Waals surface area contributed by atoms with Crippen molar-refractivity contribution in [2.24, 2.45) is 5.73 Å². The molecule has 1 aromatic heterocycles. The van der Waals surface area contributed by atoms with Crippen LogP contribution in [0.4, 0.5) is 5.00 Å². The molecule has 0 radical (unpaired) electrons. The molecule has 1 aliphatic carbocycles. The summed E-state index contributed by atoms with van der Waals surface area (Å²) in [6.07, 6.45) is 8.24. The summed E-state index contributed by atoms with van der Waals surface area (Å²) in [7, 11) is 0. The summed E-state index contributed by atoms with van der Waals surface area (Å²) in [5.74, 6) is -0.351. The topological polar surface area (TPSA) is 93.4 Å². The first-order valence-electron chi connectivity index (χ1n) is 10.9. The summed E-state index contributed by atoms with van der Waals surface area (Å²) in [6, 6.07) is 5.32. The fourth-order valence-corrected chi connectivity index (χ4v) is 5.66. The van der Waals surface area contributed by atoms with E-state index in [0.29, 0.717) is 28.5 Å². The van der Waals surface area contributed by atoms with Crippen molar-refractivity contribution in [1.29, 1.82) is 0 Å². The molecule has 0 spiro atoms. The molecule has 2 aromatic rings. The lowest BCUT2D eigenvalue weighted by Gasteiger charge is -2.14. The van der Waals surface area contributed by atoms with E-state index in [-0.39, 0.29) is 11.0 Å². The van der Waals surface area contributed by atoms with Crippen LogP contribution in [0.25, 0.3) is 0 Å². The molecule has 1 aromatic carbocycles. The molecule has 4 N–H and O–H groups in total. The number of thiocarbonyl (C=S) groups is 1. The minimum Gasteiger partial charge on any atom is -0.493 e. The number of fused-ring (bicyclic) bond motifs is 1. The van der Waals surface area contributed by atoms with Gasteiger partial charge in [0, 0.05) is 9.35 Å². The molecular weight excluding hydrogens is 510 g/mol. The van der Waals surface area contributed by atoms with Crippen LogP contribution in [0, 0.1) is 0 Å². The smallest absolute Gasteiger partial charge is 0.261 e. The third kappa shape index (κ3) is 6.30. The molecular formula is C23H28BrN3O3S2. The van der Waals surface area contributed by atoms with E-state index in [1.165, 1.54) is 11.3 Å². The summed E-state index contributed by atoms with van der Waals surface area (Å²) in [5, 5.41) is 6.43. The Balaban J connectivity index is 1.69. The lowest BCUT2D eigenvalue weighted by atomic mass is 9.95. The molecule has 32 heavy (non-hydrogen) atoms. The minimum atomic E-state index is -0.480.